The molecule has 1 saturated heterocycles. The normalized spacial score (nSPS) is 49.4. The van der Waals surface area contributed by atoms with E-state index in [1.165, 1.54) is 6.92 Å². The highest BCUT2D eigenvalue weighted by molar-refractivity contribution is 5.92. The van der Waals surface area contributed by atoms with E-state index in [0.29, 0.717) is 11.8 Å². The maximum absolute atomic E-state index is 12.1. The minimum absolute atomic E-state index is 0.0244. The van der Waals surface area contributed by atoms with E-state index in [2.05, 4.69) is 20.8 Å². The Bertz CT molecular complexity index is 767. The highest BCUT2D eigenvalue weighted by Gasteiger charge is 2.75. The molecule has 4 fully saturated rings. The van der Waals surface area contributed by atoms with Crippen LogP contribution in [0.3, 0.4) is 0 Å². The minimum atomic E-state index is -0.185. The quantitative estimate of drug-likeness (QED) is 0.519. The van der Waals surface area contributed by atoms with Gasteiger partial charge in [-0.1, -0.05) is 20.8 Å². The Morgan fingerprint density at radius 3 is 2.59 bits per heavy atom. The van der Waals surface area contributed by atoms with Gasteiger partial charge in [0.25, 0.3) is 0 Å². The average Bonchev–Trinajstić information content (AvgIpc) is 3.22. The molecule has 0 bridgehead atoms. The van der Waals surface area contributed by atoms with Gasteiger partial charge in [-0.2, -0.15) is 0 Å². The first-order chi connectivity index (χ1) is 12.6. The van der Waals surface area contributed by atoms with Crippen molar-refractivity contribution in [3.8, 4) is 0 Å². The minimum Gasteiger partial charge on any atom is -0.462 e. The maximum Gasteiger partial charge on any atom is 0.334 e. The van der Waals surface area contributed by atoms with E-state index >= 15 is 0 Å². The summed E-state index contributed by atoms with van der Waals surface area (Å²) < 4.78 is 17.8. The zero-order chi connectivity index (χ0) is 19.4. The highest BCUT2D eigenvalue weighted by atomic mass is 16.6. The topological polar surface area (TPSA) is 65.1 Å². The van der Waals surface area contributed by atoms with Crippen molar-refractivity contribution in [1.82, 2.24) is 0 Å². The number of epoxide rings is 1. The first-order valence-corrected chi connectivity index (χ1v) is 10.4. The molecule has 0 radical (unpaired) electrons. The van der Waals surface area contributed by atoms with Gasteiger partial charge in [-0.05, 0) is 50.4 Å². The van der Waals surface area contributed by atoms with Gasteiger partial charge in [-0.25, -0.2) is 4.79 Å². The number of rotatable bonds is 1. The van der Waals surface area contributed by atoms with E-state index in [-0.39, 0.29) is 46.7 Å². The van der Waals surface area contributed by atoms with Gasteiger partial charge in [0.05, 0.1) is 0 Å². The third kappa shape index (κ3) is 2.10. The molecule has 0 amide bonds. The molecule has 7 atom stereocenters. The number of carbonyl (C=O) groups is 2. The van der Waals surface area contributed by atoms with Crippen molar-refractivity contribution in [3.05, 3.63) is 11.1 Å². The lowest BCUT2D eigenvalue weighted by Gasteiger charge is -2.61. The molecular weight excluding hydrogens is 344 g/mol. The van der Waals surface area contributed by atoms with Crippen LogP contribution in [0.5, 0.6) is 0 Å². The predicted octanol–water partition coefficient (Wildman–Crippen LogP) is 3.55. The third-order valence-corrected chi connectivity index (χ3v) is 8.78. The van der Waals surface area contributed by atoms with E-state index in [1.54, 1.807) is 0 Å². The summed E-state index contributed by atoms with van der Waals surface area (Å²) in [5, 5.41) is 0. The second kappa shape index (κ2) is 5.16. The van der Waals surface area contributed by atoms with Crippen LogP contribution in [0.1, 0.15) is 66.7 Å². The Kier molecular flexibility index (Phi) is 3.39. The lowest BCUT2D eigenvalue weighted by atomic mass is 9.43. The molecule has 2 aliphatic heterocycles. The Balaban J connectivity index is 1.49. The second-order valence-electron chi connectivity index (χ2n) is 10.3. The Morgan fingerprint density at radius 1 is 1.15 bits per heavy atom. The molecule has 3 saturated carbocycles. The lowest BCUT2D eigenvalue weighted by Crippen LogP contribution is -2.61. The lowest BCUT2D eigenvalue weighted by molar-refractivity contribution is -0.187. The Labute approximate surface area is 160 Å². The molecule has 5 heteroatoms. The monoisotopic (exact) mass is 374 g/mol. The zero-order valence-corrected chi connectivity index (χ0v) is 17.0. The Hall–Kier alpha value is -1.36. The molecule has 0 aromatic carbocycles. The molecular formula is C22H30O5. The smallest absolute Gasteiger partial charge is 0.334 e. The summed E-state index contributed by atoms with van der Waals surface area (Å²) in [5.41, 5.74) is 1.83. The van der Waals surface area contributed by atoms with Crippen molar-refractivity contribution >= 4 is 11.9 Å². The molecule has 2 heterocycles. The van der Waals surface area contributed by atoms with Crippen LogP contribution in [-0.4, -0.2) is 35.9 Å². The van der Waals surface area contributed by atoms with Crippen LogP contribution in [0.4, 0.5) is 0 Å². The highest BCUT2D eigenvalue weighted by Crippen LogP contribution is 2.72. The van der Waals surface area contributed by atoms with Crippen LogP contribution in [0.2, 0.25) is 0 Å². The molecule has 5 rings (SSSR count). The van der Waals surface area contributed by atoms with Gasteiger partial charge in [0.1, 0.15) is 23.9 Å². The molecule has 3 aliphatic carbocycles. The largest absolute Gasteiger partial charge is 0.462 e. The molecule has 5 nitrogen and oxygen atoms in total. The molecule has 1 spiro atoms. The first kappa shape index (κ1) is 17.7. The van der Waals surface area contributed by atoms with Gasteiger partial charge in [-0.15, -0.1) is 0 Å². The number of carbonyl (C=O) groups excluding carboxylic acids is 2. The standard InChI is InChI=1S/C22H30O5/c1-11-17-13(26-19(11)24)10-15-21(5)8-7-16(25-12(2)23)20(3,4)14(21)6-9-22(15)18(17)27-22/h13-16,18H,6-10H2,1-5H3/t13-,14-,15+,16?,18?,21-,22+/m1/s1. The Morgan fingerprint density at radius 2 is 1.89 bits per heavy atom. The van der Waals surface area contributed by atoms with Crippen LogP contribution in [0, 0.1) is 22.7 Å². The van der Waals surface area contributed by atoms with Gasteiger partial charge >= 0.3 is 11.9 Å². The van der Waals surface area contributed by atoms with Crippen LogP contribution < -0.4 is 0 Å². The van der Waals surface area contributed by atoms with Gasteiger partial charge < -0.3 is 14.2 Å². The van der Waals surface area contributed by atoms with Gasteiger partial charge in [-0.3, -0.25) is 4.79 Å². The van der Waals surface area contributed by atoms with E-state index < -0.39 is 0 Å². The number of esters is 2. The fourth-order valence-electron chi connectivity index (χ4n) is 7.53. The fourth-order valence-corrected chi connectivity index (χ4v) is 7.53. The van der Waals surface area contributed by atoms with Gasteiger partial charge in [0.2, 0.25) is 0 Å². The number of ether oxygens (including phenoxy) is 3. The summed E-state index contributed by atoms with van der Waals surface area (Å²) in [6.45, 7) is 10.3. The van der Waals surface area contributed by atoms with Crippen LogP contribution in [0.15, 0.2) is 11.1 Å². The van der Waals surface area contributed by atoms with Crippen molar-refractivity contribution in [2.45, 2.75) is 90.6 Å². The maximum atomic E-state index is 12.1. The van der Waals surface area contributed by atoms with Gasteiger partial charge in [0.15, 0.2) is 0 Å². The third-order valence-electron chi connectivity index (χ3n) is 8.78. The number of hydrogen-bond donors (Lipinski definition) is 0. The first-order valence-electron chi connectivity index (χ1n) is 10.4. The molecule has 5 aliphatic rings. The summed E-state index contributed by atoms with van der Waals surface area (Å²) in [6.07, 6.45) is 4.84. The van der Waals surface area contributed by atoms with Crippen LogP contribution in [0.25, 0.3) is 0 Å². The molecule has 148 valence electrons. The summed E-state index contributed by atoms with van der Waals surface area (Å²) >= 11 is 0. The van der Waals surface area contributed by atoms with Crippen molar-refractivity contribution in [2.24, 2.45) is 22.7 Å². The molecule has 27 heavy (non-hydrogen) atoms. The SMILES string of the molecule is CC(=O)OC1CC[C@]2(C)[C@H](CC[C@@]34OC3C3=C(C)C(=O)O[C@@H]3C[C@@H]24)C1(C)C. The predicted molar refractivity (Wildman–Crippen MR) is 97.7 cm³/mol. The number of fused-ring (bicyclic) bond motifs is 4. The van der Waals surface area contributed by atoms with E-state index in [0.717, 1.165) is 43.3 Å². The van der Waals surface area contributed by atoms with Crippen molar-refractivity contribution in [3.63, 3.8) is 0 Å². The van der Waals surface area contributed by atoms with Crippen molar-refractivity contribution in [1.29, 1.82) is 0 Å². The van der Waals surface area contributed by atoms with Crippen molar-refractivity contribution < 1.29 is 23.8 Å². The zero-order valence-electron chi connectivity index (χ0n) is 17.0. The molecule has 0 aromatic heterocycles. The fraction of sp³-hybridized carbons (Fsp3) is 0.818. The van der Waals surface area contributed by atoms with Crippen molar-refractivity contribution in [2.75, 3.05) is 0 Å². The summed E-state index contributed by atoms with van der Waals surface area (Å²) in [4.78, 5) is 23.8. The van der Waals surface area contributed by atoms with Gasteiger partial charge in [0, 0.05) is 29.4 Å². The molecule has 0 aromatic rings. The summed E-state index contributed by atoms with van der Waals surface area (Å²) in [6, 6.07) is 0. The summed E-state index contributed by atoms with van der Waals surface area (Å²) in [7, 11) is 0. The molecule has 2 unspecified atom stereocenters. The van der Waals surface area contributed by atoms with E-state index in [9.17, 15) is 9.59 Å². The summed E-state index contributed by atoms with van der Waals surface area (Å²) in [5.74, 6) is 0.501. The second-order valence-corrected chi connectivity index (χ2v) is 10.3. The van der Waals surface area contributed by atoms with Crippen LogP contribution >= 0.6 is 0 Å². The van der Waals surface area contributed by atoms with E-state index in [4.69, 9.17) is 14.2 Å². The van der Waals surface area contributed by atoms with E-state index in [1.807, 2.05) is 6.92 Å². The average molecular weight is 374 g/mol. The number of hydrogen-bond acceptors (Lipinski definition) is 5. The van der Waals surface area contributed by atoms with Crippen LogP contribution in [-0.2, 0) is 23.8 Å². The molecule has 0 N–H and O–H groups in total.